The van der Waals surface area contributed by atoms with Crippen molar-refractivity contribution >= 4 is 45.6 Å². The van der Waals surface area contributed by atoms with Crippen LogP contribution in [0.15, 0.2) is 64.5 Å². The summed E-state index contributed by atoms with van der Waals surface area (Å²) in [5.74, 6) is 1.31. The Bertz CT molecular complexity index is 957. The van der Waals surface area contributed by atoms with E-state index >= 15 is 0 Å². The van der Waals surface area contributed by atoms with E-state index in [1.807, 2.05) is 37.3 Å². The number of nitro benzene ring substituents is 1. The number of benzene rings is 2. The van der Waals surface area contributed by atoms with Crippen LogP contribution >= 0.6 is 24.0 Å². The van der Waals surface area contributed by atoms with E-state index in [-0.39, 0.29) is 47.6 Å². The van der Waals surface area contributed by atoms with Crippen molar-refractivity contribution in [3.63, 3.8) is 0 Å². The first-order valence-corrected chi connectivity index (χ1v) is 10.8. The summed E-state index contributed by atoms with van der Waals surface area (Å²) in [5.41, 5.74) is -0.285. The van der Waals surface area contributed by atoms with E-state index in [1.54, 1.807) is 0 Å². The number of nitrogens with one attached hydrogen (secondary N) is 3. The largest absolute Gasteiger partial charge is 0.492 e. The summed E-state index contributed by atoms with van der Waals surface area (Å²) in [6.45, 7) is 3.74. The topological polar surface area (TPSA) is 135 Å². The van der Waals surface area contributed by atoms with Crippen LogP contribution in [-0.2, 0) is 10.0 Å². The van der Waals surface area contributed by atoms with Crippen LogP contribution in [0.2, 0.25) is 0 Å². The normalized spacial score (nSPS) is 11.3. The fourth-order valence-electron chi connectivity index (χ4n) is 2.39. The Hall–Kier alpha value is -2.45. The molecule has 0 saturated carbocycles. The molecule has 0 aliphatic rings. The fraction of sp³-hybridized carbons (Fsp3) is 0.316. The average molecular weight is 563 g/mol. The first-order chi connectivity index (χ1) is 14.4. The molecule has 0 amide bonds. The van der Waals surface area contributed by atoms with Gasteiger partial charge in [0.05, 0.1) is 22.9 Å². The maximum atomic E-state index is 12.3. The lowest BCUT2D eigenvalue weighted by Gasteiger charge is -2.12. The minimum atomic E-state index is -3.86. The highest BCUT2D eigenvalue weighted by Crippen LogP contribution is 2.16. The van der Waals surface area contributed by atoms with Crippen molar-refractivity contribution in [2.75, 3.05) is 32.8 Å². The van der Waals surface area contributed by atoms with Gasteiger partial charge in [-0.1, -0.05) is 24.3 Å². The van der Waals surface area contributed by atoms with E-state index in [4.69, 9.17) is 4.74 Å². The number of halogens is 1. The lowest BCUT2D eigenvalue weighted by Crippen LogP contribution is -2.40. The van der Waals surface area contributed by atoms with Gasteiger partial charge in [-0.3, -0.25) is 15.1 Å². The highest BCUT2D eigenvalue weighted by Gasteiger charge is 2.16. The van der Waals surface area contributed by atoms with Crippen LogP contribution < -0.4 is 20.1 Å². The maximum Gasteiger partial charge on any atom is 0.270 e. The molecule has 12 heteroatoms. The van der Waals surface area contributed by atoms with Crippen molar-refractivity contribution in [1.82, 2.24) is 15.4 Å². The quantitative estimate of drug-likeness (QED) is 0.0953. The number of sulfonamides is 1. The number of rotatable bonds is 11. The van der Waals surface area contributed by atoms with E-state index in [0.717, 1.165) is 11.8 Å². The highest BCUT2D eigenvalue weighted by atomic mass is 127. The Morgan fingerprint density at radius 1 is 1.10 bits per heavy atom. The second kappa shape index (κ2) is 13.8. The molecule has 0 aromatic heterocycles. The minimum absolute atomic E-state index is 0. The van der Waals surface area contributed by atoms with Gasteiger partial charge in [0, 0.05) is 25.2 Å². The number of hydrogen-bond acceptors (Lipinski definition) is 6. The van der Waals surface area contributed by atoms with Crippen LogP contribution in [-0.4, -0.2) is 52.1 Å². The van der Waals surface area contributed by atoms with Gasteiger partial charge in [-0.05, 0) is 25.1 Å². The third-order valence-electron chi connectivity index (χ3n) is 3.76. The van der Waals surface area contributed by atoms with Crippen molar-refractivity contribution in [1.29, 1.82) is 0 Å². The molecule has 31 heavy (non-hydrogen) atoms. The van der Waals surface area contributed by atoms with Crippen LogP contribution in [0, 0.1) is 10.1 Å². The lowest BCUT2D eigenvalue weighted by atomic mass is 10.3. The molecule has 170 valence electrons. The van der Waals surface area contributed by atoms with Gasteiger partial charge >= 0.3 is 0 Å². The Morgan fingerprint density at radius 3 is 2.52 bits per heavy atom. The number of ether oxygens (including phenoxy) is 1. The summed E-state index contributed by atoms with van der Waals surface area (Å²) in [6.07, 6.45) is 0. The number of aliphatic imine (C=N–C) groups is 1. The Kier molecular flexibility index (Phi) is 11.8. The number of nitro groups is 1. The molecule has 2 rings (SSSR count). The zero-order valence-electron chi connectivity index (χ0n) is 17.0. The molecule has 0 spiro atoms. The standard InChI is InChI=1S/C19H25N5O5S.HI/c1-2-20-19(22-13-14-29-17-8-4-3-5-9-17)21-11-12-23-30(27,28)18-10-6-7-16(15-18)24(25)26;/h3-10,15,23H,2,11-14H2,1H3,(H2,20,21,22);1H. The summed E-state index contributed by atoms with van der Waals surface area (Å²) in [6, 6.07) is 14.3. The number of non-ortho nitro benzene ring substituents is 1. The predicted molar refractivity (Wildman–Crippen MR) is 130 cm³/mol. The number of nitrogens with zero attached hydrogens (tertiary/aromatic N) is 2. The molecule has 0 heterocycles. The van der Waals surface area contributed by atoms with Gasteiger partial charge in [-0.25, -0.2) is 13.1 Å². The van der Waals surface area contributed by atoms with Crippen molar-refractivity contribution in [3.8, 4) is 5.75 Å². The van der Waals surface area contributed by atoms with E-state index in [1.165, 1.54) is 18.2 Å². The zero-order chi connectivity index (χ0) is 21.8. The van der Waals surface area contributed by atoms with Crippen molar-refractivity contribution in [2.24, 2.45) is 4.99 Å². The molecule has 2 aromatic carbocycles. The summed E-state index contributed by atoms with van der Waals surface area (Å²) in [7, 11) is -3.86. The zero-order valence-corrected chi connectivity index (χ0v) is 20.1. The van der Waals surface area contributed by atoms with Crippen LogP contribution in [0.3, 0.4) is 0 Å². The molecule has 0 unspecified atom stereocenters. The number of para-hydroxylation sites is 1. The summed E-state index contributed by atoms with van der Waals surface area (Å²) >= 11 is 0. The molecule has 0 aliphatic carbocycles. The smallest absolute Gasteiger partial charge is 0.270 e. The van der Waals surface area contributed by atoms with Crippen LogP contribution in [0.25, 0.3) is 0 Å². The summed E-state index contributed by atoms with van der Waals surface area (Å²) in [5, 5.41) is 17.0. The third kappa shape index (κ3) is 9.48. The molecular weight excluding hydrogens is 537 g/mol. The number of hydrogen-bond donors (Lipinski definition) is 3. The maximum absolute atomic E-state index is 12.3. The SMILES string of the molecule is CCNC(=NCCNS(=O)(=O)c1cccc([N+](=O)[O-])c1)NCCOc1ccccc1.I. The van der Waals surface area contributed by atoms with Crippen LogP contribution in [0.1, 0.15) is 6.92 Å². The van der Waals surface area contributed by atoms with Crippen LogP contribution in [0.5, 0.6) is 5.75 Å². The fourth-order valence-corrected chi connectivity index (χ4v) is 3.45. The Balaban J connectivity index is 0.00000480. The van der Waals surface area contributed by atoms with Gasteiger partial charge < -0.3 is 15.4 Å². The van der Waals surface area contributed by atoms with E-state index in [0.29, 0.717) is 25.7 Å². The molecule has 3 N–H and O–H groups in total. The molecule has 10 nitrogen and oxygen atoms in total. The second-order valence-electron chi connectivity index (χ2n) is 6.00. The molecule has 0 atom stereocenters. The second-order valence-corrected chi connectivity index (χ2v) is 7.77. The number of guanidine groups is 1. The van der Waals surface area contributed by atoms with Gasteiger partial charge in [-0.2, -0.15) is 0 Å². The third-order valence-corrected chi connectivity index (χ3v) is 5.22. The van der Waals surface area contributed by atoms with Crippen molar-refractivity contribution in [2.45, 2.75) is 11.8 Å². The summed E-state index contributed by atoms with van der Waals surface area (Å²) < 4.78 is 32.6. The molecule has 0 aliphatic heterocycles. The molecule has 0 radical (unpaired) electrons. The van der Waals surface area contributed by atoms with Gasteiger partial charge in [0.25, 0.3) is 5.69 Å². The molecule has 2 aromatic rings. The monoisotopic (exact) mass is 563 g/mol. The van der Waals surface area contributed by atoms with Crippen LogP contribution in [0.4, 0.5) is 5.69 Å². The van der Waals surface area contributed by atoms with Gasteiger partial charge in [-0.15, -0.1) is 24.0 Å². The van der Waals surface area contributed by atoms with Gasteiger partial charge in [0.2, 0.25) is 10.0 Å². The molecular formula is C19H26IN5O5S. The predicted octanol–water partition coefficient (Wildman–Crippen LogP) is 2.13. The lowest BCUT2D eigenvalue weighted by molar-refractivity contribution is -0.385. The molecule has 0 bridgehead atoms. The van der Waals surface area contributed by atoms with Gasteiger partial charge in [0.1, 0.15) is 12.4 Å². The van der Waals surface area contributed by atoms with E-state index < -0.39 is 14.9 Å². The Morgan fingerprint density at radius 2 is 1.84 bits per heavy atom. The van der Waals surface area contributed by atoms with E-state index in [9.17, 15) is 18.5 Å². The minimum Gasteiger partial charge on any atom is -0.492 e. The van der Waals surface area contributed by atoms with E-state index in [2.05, 4.69) is 20.3 Å². The van der Waals surface area contributed by atoms with Crippen molar-refractivity contribution in [3.05, 3.63) is 64.7 Å². The average Bonchev–Trinajstić information content (AvgIpc) is 2.75. The Labute approximate surface area is 198 Å². The highest BCUT2D eigenvalue weighted by molar-refractivity contribution is 14.0. The van der Waals surface area contributed by atoms with Crippen molar-refractivity contribution < 1.29 is 18.1 Å². The van der Waals surface area contributed by atoms with Gasteiger partial charge in [0.15, 0.2) is 5.96 Å². The first kappa shape index (κ1) is 26.6. The molecule has 0 saturated heterocycles. The first-order valence-electron chi connectivity index (χ1n) is 9.36. The summed E-state index contributed by atoms with van der Waals surface area (Å²) in [4.78, 5) is 14.3. The molecule has 0 fully saturated rings.